The lowest BCUT2D eigenvalue weighted by Crippen LogP contribution is -2.52. The van der Waals surface area contributed by atoms with E-state index in [1.807, 2.05) is 18.2 Å². The summed E-state index contributed by atoms with van der Waals surface area (Å²) < 4.78 is 24.6. The number of nitrogens with zero attached hydrogens (tertiary/aromatic N) is 2. The third kappa shape index (κ3) is 3.31. The van der Waals surface area contributed by atoms with Crippen LogP contribution in [0.2, 0.25) is 0 Å². The summed E-state index contributed by atoms with van der Waals surface area (Å²) in [5, 5.41) is 0. The van der Waals surface area contributed by atoms with Gasteiger partial charge in [-0.2, -0.15) is 4.31 Å². The maximum atomic E-state index is 11.5. The Kier molecular flexibility index (Phi) is 4.04. The van der Waals surface area contributed by atoms with Gasteiger partial charge in [0.15, 0.2) is 0 Å². The lowest BCUT2D eigenvalue weighted by molar-refractivity contribution is 0.122. The first kappa shape index (κ1) is 13.5. The molecule has 0 saturated carbocycles. The summed E-state index contributed by atoms with van der Waals surface area (Å²) in [4.78, 5) is 2.33. The number of benzene rings is 1. The first-order chi connectivity index (χ1) is 8.47. The van der Waals surface area contributed by atoms with Crippen LogP contribution in [0.4, 0.5) is 0 Å². The quantitative estimate of drug-likeness (QED) is 0.826. The van der Waals surface area contributed by atoms with Gasteiger partial charge in [-0.3, -0.25) is 4.90 Å². The van der Waals surface area contributed by atoms with Crippen LogP contribution in [0.1, 0.15) is 12.5 Å². The van der Waals surface area contributed by atoms with Gasteiger partial charge in [0.2, 0.25) is 10.0 Å². The molecule has 0 aromatic heterocycles. The second-order valence-electron chi connectivity index (χ2n) is 4.93. The molecule has 4 nitrogen and oxygen atoms in total. The fourth-order valence-corrected chi connectivity index (χ4v) is 3.22. The van der Waals surface area contributed by atoms with E-state index < -0.39 is 10.0 Å². The number of hydrogen-bond acceptors (Lipinski definition) is 3. The minimum absolute atomic E-state index is 0.258. The molecule has 1 heterocycles. The van der Waals surface area contributed by atoms with Crippen molar-refractivity contribution in [3.8, 4) is 0 Å². The smallest absolute Gasteiger partial charge is 0.211 e. The zero-order valence-corrected chi connectivity index (χ0v) is 11.7. The van der Waals surface area contributed by atoms with Gasteiger partial charge < -0.3 is 0 Å². The van der Waals surface area contributed by atoms with Gasteiger partial charge in [0.1, 0.15) is 0 Å². The molecule has 1 unspecified atom stereocenters. The molecular formula is C13H20N2O2S. The Labute approximate surface area is 109 Å². The fourth-order valence-electron chi connectivity index (χ4n) is 2.32. The molecular weight excluding hydrogens is 248 g/mol. The normalized spacial score (nSPS) is 23.1. The van der Waals surface area contributed by atoms with Crippen LogP contribution in [-0.2, 0) is 16.6 Å². The highest BCUT2D eigenvalue weighted by Crippen LogP contribution is 2.15. The predicted octanol–water partition coefficient (Wildman–Crippen LogP) is 1.15. The predicted molar refractivity (Wildman–Crippen MR) is 72.7 cm³/mol. The Bertz CT molecular complexity index is 487. The summed E-state index contributed by atoms with van der Waals surface area (Å²) in [7, 11) is -3.05. The molecule has 1 aromatic carbocycles. The van der Waals surface area contributed by atoms with Gasteiger partial charge in [-0.05, 0) is 12.5 Å². The van der Waals surface area contributed by atoms with E-state index in [0.29, 0.717) is 13.1 Å². The first-order valence-corrected chi connectivity index (χ1v) is 8.05. The van der Waals surface area contributed by atoms with Crippen molar-refractivity contribution in [2.75, 3.05) is 25.9 Å². The summed E-state index contributed by atoms with van der Waals surface area (Å²) >= 11 is 0. The molecule has 100 valence electrons. The third-order valence-corrected chi connectivity index (χ3v) is 4.70. The number of rotatable bonds is 3. The van der Waals surface area contributed by atoms with Crippen LogP contribution < -0.4 is 0 Å². The van der Waals surface area contributed by atoms with Crippen LogP contribution >= 0.6 is 0 Å². The average Bonchev–Trinajstić information content (AvgIpc) is 2.32. The monoisotopic (exact) mass is 268 g/mol. The summed E-state index contributed by atoms with van der Waals surface area (Å²) in [6, 6.07) is 10.5. The minimum Gasteiger partial charge on any atom is -0.294 e. The molecule has 0 spiro atoms. The van der Waals surface area contributed by atoms with Crippen molar-refractivity contribution in [2.45, 2.75) is 19.5 Å². The zero-order valence-electron chi connectivity index (χ0n) is 10.9. The number of hydrogen-bond donors (Lipinski definition) is 0. The summed E-state index contributed by atoms with van der Waals surface area (Å²) in [6.07, 6.45) is 1.28. The standard InChI is InChI=1S/C13H20N2O2S/c1-12-10-15(18(2,16)17)9-8-14(12)11-13-6-4-3-5-7-13/h3-7,12H,8-11H2,1-2H3. The summed E-state index contributed by atoms with van der Waals surface area (Å²) in [6.45, 7) is 4.95. The van der Waals surface area contributed by atoms with E-state index in [9.17, 15) is 8.42 Å². The molecule has 18 heavy (non-hydrogen) atoms. The van der Waals surface area contributed by atoms with Crippen molar-refractivity contribution in [1.29, 1.82) is 0 Å². The molecule has 0 aliphatic carbocycles. The Morgan fingerprint density at radius 2 is 1.89 bits per heavy atom. The van der Waals surface area contributed by atoms with Gasteiger partial charge >= 0.3 is 0 Å². The molecule has 1 fully saturated rings. The van der Waals surface area contributed by atoms with Crippen molar-refractivity contribution < 1.29 is 8.42 Å². The Hall–Kier alpha value is -0.910. The van der Waals surface area contributed by atoms with Crippen molar-refractivity contribution >= 4 is 10.0 Å². The van der Waals surface area contributed by atoms with Gasteiger partial charge in [0, 0.05) is 32.2 Å². The molecule has 0 amide bonds. The Morgan fingerprint density at radius 3 is 2.44 bits per heavy atom. The molecule has 1 aliphatic heterocycles. The highest BCUT2D eigenvalue weighted by atomic mass is 32.2. The van der Waals surface area contributed by atoms with E-state index in [1.165, 1.54) is 11.8 Å². The van der Waals surface area contributed by atoms with E-state index in [0.717, 1.165) is 13.1 Å². The van der Waals surface area contributed by atoms with Crippen LogP contribution in [0, 0.1) is 0 Å². The highest BCUT2D eigenvalue weighted by Gasteiger charge is 2.28. The summed E-state index contributed by atoms with van der Waals surface area (Å²) in [5.74, 6) is 0. The third-order valence-electron chi connectivity index (χ3n) is 3.43. The van der Waals surface area contributed by atoms with E-state index in [1.54, 1.807) is 4.31 Å². The lowest BCUT2D eigenvalue weighted by Gasteiger charge is -2.38. The van der Waals surface area contributed by atoms with Crippen LogP contribution in [0.15, 0.2) is 30.3 Å². The van der Waals surface area contributed by atoms with Gasteiger partial charge in [-0.25, -0.2) is 8.42 Å². The van der Waals surface area contributed by atoms with Crippen LogP contribution in [0.3, 0.4) is 0 Å². The maximum absolute atomic E-state index is 11.5. The molecule has 1 atom stereocenters. The second-order valence-corrected chi connectivity index (χ2v) is 6.91. The molecule has 0 bridgehead atoms. The SMILES string of the molecule is CC1CN(S(C)(=O)=O)CCN1Cc1ccccc1. The highest BCUT2D eigenvalue weighted by molar-refractivity contribution is 7.88. The van der Waals surface area contributed by atoms with Crippen molar-refractivity contribution in [3.05, 3.63) is 35.9 Å². The van der Waals surface area contributed by atoms with E-state index in [2.05, 4.69) is 24.0 Å². The van der Waals surface area contributed by atoms with Crippen LogP contribution in [0.25, 0.3) is 0 Å². The zero-order chi connectivity index (χ0) is 13.2. The molecule has 5 heteroatoms. The first-order valence-electron chi connectivity index (χ1n) is 6.20. The molecule has 0 radical (unpaired) electrons. The second kappa shape index (κ2) is 5.38. The molecule has 1 aliphatic rings. The number of piperazine rings is 1. The Morgan fingerprint density at radius 1 is 1.22 bits per heavy atom. The molecule has 2 rings (SSSR count). The maximum Gasteiger partial charge on any atom is 0.211 e. The van der Waals surface area contributed by atoms with Crippen LogP contribution in [0.5, 0.6) is 0 Å². The van der Waals surface area contributed by atoms with E-state index >= 15 is 0 Å². The summed E-state index contributed by atoms with van der Waals surface area (Å²) in [5.41, 5.74) is 1.28. The van der Waals surface area contributed by atoms with Gasteiger partial charge in [0.05, 0.1) is 6.26 Å². The van der Waals surface area contributed by atoms with E-state index in [-0.39, 0.29) is 6.04 Å². The average molecular weight is 268 g/mol. The molecule has 1 aromatic rings. The lowest BCUT2D eigenvalue weighted by atomic mass is 10.1. The minimum atomic E-state index is -3.05. The van der Waals surface area contributed by atoms with Crippen molar-refractivity contribution in [2.24, 2.45) is 0 Å². The molecule has 0 N–H and O–H groups in total. The molecule has 1 saturated heterocycles. The van der Waals surface area contributed by atoms with Gasteiger partial charge in [-0.15, -0.1) is 0 Å². The van der Waals surface area contributed by atoms with Gasteiger partial charge in [-0.1, -0.05) is 30.3 Å². The van der Waals surface area contributed by atoms with E-state index in [4.69, 9.17) is 0 Å². The largest absolute Gasteiger partial charge is 0.294 e. The topological polar surface area (TPSA) is 40.6 Å². The number of sulfonamides is 1. The fraction of sp³-hybridized carbons (Fsp3) is 0.538. The van der Waals surface area contributed by atoms with Crippen molar-refractivity contribution in [3.63, 3.8) is 0 Å². The van der Waals surface area contributed by atoms with Crippen molar-refractivity contribution in [1.82, 2.24) is 9.21 Å². The van der Waals surface area contributed by atoms with Gasteiger partial charge in [0.25, 0.3) is 0 Å². The Balaban J connectivity index is 1.98. The van der Waals surface area contributed by atoms with Crippen LogP contribution in [-0.4, -0.2) is 49.6 Å².